The first-order valence-corrected chi connectivity index (χ1v) is 4.21. The van der Waals surface area contributed by atoms with E-state index in [-0.39, 0.29) is 5.91 Å². The van der Waals surface area contributed by atoms with Crippen molar-refractivity contribution in [2.45, 2.75) is 13.0 Å². The Kier molecular flexibility index (Phi) is 5.73. The molecule has 0 aromatic heterocycles. The van der Waals surface area contributed by atoms with Crippen molar-refractivity contribution in [2.75, 3.05) is 0 Å². The van der Waals surface area contributed by atoms with Crippen LogP contribution in [0.4, 0.5) is 0 Å². The van der Waals surface area contributed by atoms with Crippen molar-refractivity contribution >= 4 is 11.9 Å². The second-order valence-corrected chi connectivity index (χ2v) is 2.74. The summed E-state index contributed by atoms with van der Waals surface area (Å²) < 4.78 is 0. The van der Waals surface area contributed by atoms with Crippen LogP contribution in [0, 0.1) is 0 Å². The predicted octanol–water partition coefficient (Wildman–Crippen LogP) is 0.237. The largest absolute Gasteiger partial charge is 0.479 e. The number of amides is 1. The Morgan fingerprint density at radius 1 is 1.27 bits per heavy atom. The first-order valence-electron chi connectivity index (χ1n) is 4.21. The minimum absolute atomic E-state index is 0.379. The van der Waals surface area contributed by atoms with Crippen LogP contribution in [0.3, 0.4) is 0 Å². The Bertz CT molecular complexity index is 321. The van der Waals surface area contributed by atoms with Gasteiger partial charge < -0.3 is 15.9 Å². The number of aliphatic carboxylic acids is 1. The summed E-state index contributed by atoms with van der Waals surface area (Å²) in [5.74, 6) is -1.56. The molecule has 0 aliphatic heterocycles. The molecule has 82 valence electrons. The number of hydrogen-bond donors (Lipinski definition) is 3. The van der Waals surface area contributed by atoms with E-state index in [2.05, 4.69) is 0 Å². The molecule has 1 rings (SSSR count). The van der Waals surface area contributed by atoms with E-state index in [1.807, 2.05) is 6.07 Å². The van der Waals surface area contributed by atoms with Gasteiger partial charge in [0.2, 0.25) is 5.91 Å². The van der Waals surface area contributed by atoms with E-state index < -0.39 is 12.1 Å². The first kappa shape index (κ1) is 13.1. The fourth-order valence-corrected chi connectivity index (χ4v) is 0.602. The van der Waals surface area contributed by atoms with Crippen LogP contribution in [0.25, 0.3) is 0 Å². The van der Waals surface area contributed by atoms with Gasteiger partial charge in [0.05, 0.1) is 0 Å². The summed E-state index contributed by atoms with van der Waals surface area (Å²) in [5, 5.41) is 15.8. The van der Waals surface area contributed by atoms with Gasteiger partial charge in [-0.05, 0) is 19.1 Å². The number of carbonyl (C=O) groups excluding carboxylic acids is 1. The molecule has 0 spiro atoms. The standard InChI is InChI=1S/C7H7NO.C3H6O3/c8-7(9)6-4-2-1-3-5-6;1-2(4)3(5)6/h1-5H,(H2,8,9);2,4H,1H3,(H,5,6). The molecule has 0 saturated carbocycles. The van der Waals surface area contributed by atoms with Gasteiger partial charge in [0.25, 0.3) is 0 Å². The van der Waals surface area contributed by atoms with Gasteiger partial charge in [-0.15, -0.1) is 0 Å². The maximum Gasteiger partial charge on any atom is 0.332 e. The molecule has 0 aliphatic rings. The topological polar surface area (TPSA) is 101 Å². The van der Waals surface area contributed by atoms with E-state index in [9.17, 15) is 9.59 Å². The molecule has 1 amide bonds. The molecule has 15 heavy (non-hydrogen) atoms. The lowest BCUT2D eigenvalue weighted by Gasteiger charge is -1.89. The molecule has 0 heterocycles. The van der Waals surface area contributed by atoms with Gasteiger partial charge in [-0.2, -0.15) is 0 Å². The normalized spacial score (nSPS) is 10.8. The lowest BCUT2D eigenvalue weighted by atomic mass is 10.2. The second kappa shape index (κ2) is 6.56. The van der Waals surface area contributed by atoms with Crippen molar-refractivity contribution in [3.05, 3.63) is 35.9 Å². The third-order valence-electron chi connectivity index (χ3n) is 1.42. The number of rotatable bonds is 2. The Balaban J connectivity index is 0.000000288. The fraction of sp³-hybridized carbons (Fsp3) is 0.200. The highest BCUT2D eigenvalue weighted by atomic mass is 16.4. The number of benzene rings is 1. The molecule has 5 heteroatoms. The van der Waals surface area contributed by atoms with Gasteiger partial charge in [0, 0.05) is 5.56 Å². The van der Waals surface area contributed by atoms with Crippen LogP contribution >= 0.6 is 0 Å². The van der Waals surface area contributed by atoms with Gasteiger partial charge in [-0.3, -0.25) is 4.79 Å². The lowest BCUT2D eigenvalue weighted by Crippen LogP contribution is -2.13. The summed E-state index contributed by atoms with van der Waals surface area (Å²) in [6.45, 7) is 1.20. The molecule has 1 atom stereocenters. The van der Waals surface area contributed by atoms with E-state index >= 15 is 0 Å². The van der Waals surface area contributed by atoms with Crippen molar-refractivity contribution in [3.63, 3.8) is 0 Å². The summed E-state index contributed by atoms with van der Waals surface area (Å²) in [4.78, 5) is 19.9. The van der Waals surface area contributed by atoms with E-state index in [0.29, 0.717) is 5.56 Å². The Morgan fingerprint density at radius 3 is 1.87 bits per heavy atom. The predicted molar refractivity (Wildman–Crippen MR) is 54.3 cm³/mol. The summed E-state index contributed by atoms with van der Waals surface area (Å²) in [5.41, 5.74) is 5.53. The number of carbonyl (C=O) groups is 2. The Hall–Kier alpha value is -1.88. The number of nitrogens with two attached hydrogens (primary N) is 1. The molecule has 4 N–H and O–H groups in total. The molecular weight excluding hydrogens is 198 g/mol. The molecule has 5 nitrogen and oxygen atoms in total. The monoisotopic (exact) mass is 211 g/mol. The Labute approximate surface area is 87.1 Å². The smallest absolute Gasteiger partial charge is 0.332 e. The van der Waals surface area contributed by atoms with E-state index in [1.165, 1.54) is 6.92 Å². The zero-order valence-corrected chi connectivity index (χ0v) is 8.25. The molecule has 0 radical (unpaired) electrons. The van der Waals surface area contributed by atoms with Crippen LogP contribution in [-0.4, -0.2) is 28.2 Å². The maximum atomic E-state index is 10.4. The third kappa shape index (κ3) is 6.23. The molecular formula is C10H13NO4. The van der Waals surface area contributed by atoms with Crippen molar-refractivity contribution in [1.29, 1.82) is 0 Å². The Morgan fingerprint density at radius 2 is 1.67 bits per heavy atom. The van der Waals surface area contributed by atoms with E-state index in [4.69, 9.17) is 15.9 Å². The van der Waals surface area contributed by atoms with E-state index in [0.717, 1.165) is 0 Å². The average Bonchev–Trinajstić information content (AvgIpc) is 2.20. The summed E-state index contributed by atoms with van der Waals surface area (Å²) in [7, 11) is 0. The highest BCUT2D eigenvalue weighted by Crippen LogP contribution is 1.94. The van der Waals surface area contributed by atoms with Crippen LogP contribution < -0.4 is 5.73 Å². The summed E-state index contributed by atoms with van der Waals surface area (Å²) in [6.07, 6.45) is -1.23. The van der Waals surface area contributed by atoms with Crippen LogP contribution in [0.15, 0.2) is 30.3 Å². The van der Waals surface area contributed by atoms with Crippen LogP contribution in [0.5, 0.6) is 0 Å². The highest BCUT2D eigenvalue weighted by molar-refractivity contribution is 5.92. The minimum atomic E-state index is -1.23. The number of primary amides is 1. The highest BCUT2D eigenvalue weighted by Gasteiger charge is 2.01. The van der Waals surface area contributed by atoms with Crippen molar-refractivity contribution in [3.8, 4) is 0 Å². The van der Waals surface area contributed by atoms with Crippen LogP contribution in [-0.2, 0) is 4.79 Å². The van der Waals surface area contributed by atoms with Crippen LogP contribution in [0.1, 0.15) is 17.3 Å². The number of carboxylic acid groups (broad SMARTS) is 1. The maximum absolute atomic E-state index is 10.4. The third-order valence-corrected chi connectivity index (χ3v) is 1.42. The average molecular weight is 211 g/mol. The van der Waals surface area contributed by atoms with E-state index in [1.54, 1.807) is 24.3 Å². The van der Waals surface area contributed by atoms with Gasteiger partial charge in [0.15, 0.2) is 0 Å². The SMILES string of the molecule is CC(O)C(=O)O.NC(=O)c1ccccc1. The van der Waals surface area contributed by atoms with Crippen LogP contribution in [0.2, 0.25) is 0 Å². The summed E-state index contributed by atoms with van der Waals surface area (Å²) in [6, 6.07) is 8.76. The van der Waals surface area contributed by atoms with Crippen molar-refractivity contribution in [1.82, 2.24) is 0 Å². The van der Waals surface area contributed by atoms with Crippen molar-refractivity contribution in [2.24, 2.45) is 5.73 Å². The van der Waals surface area contributed by atoms with Gasteiger partial charge in [-0.1, -0.05) is 18.2 Å². The summed E-state index contributed by atoms with van der Waals surface area (Å²) >= 11 is 0. The molecule has 0 fully saturated rings. The molecule has 0 bridgehead atoms. The number of aliphatic hydroxyl groups excluding tert-OH is 1. The number of aliphatic hydroxyl groups is 1. The van der Waals surface area contributed by atoms with Gasteiger partial charge in [0.1, 0.15) is 6.10 Å². The first-order chi connectivity index (χ1) is 6.95. The number of carboxylic acids is 1. The molecule has 0 aliphatic carbocycles. The number of hydrogen-bond acceptors (Lipinski definition) is 3. The molecule has 1 aromatic carbocycles. The molecule has 0 saturated heterocycles. The minimum Gasteiger partial charge on any atom is -0.479 e. The van der Waals surface area contributed by atoms with Gasteiger partial charge >= 0.3 is 5.97 Å². The second-order valence-electron chi connectivity index (χ2n) is 2.74. The van der Waals surface area contributed by atoms with Crippen molar-refractivity contribution < 1.29 is 19.8 Å². The zero-order valence-electron chi connectivity index (χ0n) is 8.25. The lowest BCUT2D eigenvalue weighted by molar-refractivity contribution is -0.145. The zero-order chi connectivity index (χ0) is 11.8. The quantitative estimate of drug-likeness (QED) is 0.652. The van der Waals surface area contributed by atoms with Gasteiger partial charge in [-0.25, -0.2) is 4.79 Å². The fourth-order valence-electron chi connectivity index (χ4n) is 0.602. The molecule has 1 aromatic rings. The molecule has 1 unspecified atom stereocenters.